The Labute approximate surface area is 276 Å². The second-order valence-corrected chi connectivity index (χ2v) is 12.2. The van der Waals surface area contributed by atoms with Crippen molar-refractivity contribution in [3.8, 4) is 39.6 Å². The Kier molecular flexibility index (Phi) is 5.84. The molecule has 0 atom stereocenters. The van der Waals surface area contributed by atoms with E-state index in [1.54, 1.807) is 0 Å². The summed E-state index contributed by atoms with van der Waals surface area (Å²) in [6, 6.07) is 57.2. The molecule has 0 bridgehead atoms. The quantitative estimate of drug-likeness (QED) is 0.198. The van der Waals surface area contributed by atoms with E-state index in [1.165, 1.54) is 21.5 Å². The Hall–Kier alpha value is -6.52. The molecule has 7 aromatic carbocycles. The normalized spacial score (nSPS) is 11.8. The summed E-state index contributed by atoms with van der Waals surface area (Å²) in [5, 5.41) is 6.98. The van der Waals surface area contributed by atoms with E-state index < -0.39 is 0 Å². The second-order valence-electron chi connectivity index (χ2n) is 12.2. The van der Waals surface area contributed by atoms with E-state index in [0.29, 0.717) is 5.82 Å². The van der Waals surface area contributed by atoms with E-state index in [9.17, 15) is 0 Å². The van der Waals surface area contributed by atoms with Crippen molar-refractivity contribution in [1.29, 1.82) is 0 Å². The zero-order valence-electron chi connectivity index (χ0n) is 25.8. The van der Waals surface area contributed by atoms with Crippen molar-refractivity contribution in [3.05, 3.63) is 164 Å². The third-order valence-corrected chi connectivity index (χ3v) is 9.36. The largest absolute Gasteiger partial charge is 0.456 e. The van der Waals surface area contributed by atoms with E-state index in [4.69, 9.17) is 14.4 Å². The van der Waals surface area contributed by atoms with Crippen molar-refractivity contribution in [2.75, 3.05) is 0 Å². The number of aromatic nitrogens is 3. The molecule has 0 aliphatic carbocycles. The van der Waals surface area contributed by atoms with Gasteiger partial charge in [0.15, 0.2) is 5.82 Å². The molecule has 0 saturated heterocycles. The molecule has 4 nitrogen and oxygen atoms in total. The monoisotopic (exact) mass is 613 g/mol. The summed E-state index contributed by atoms with van der Waals surface area (Å²) in [5.41, 5.74) is 9.66. The second kappa shape index (κ2) is 10.5. The molecule has 0 spiro atoms. The van der Waals surface area contributed by atoms with Gasteiger partial charge in [-0.05, 0) is 53.2 Å². The average Bonchev–Trinajstić information content (AvgIpc) is 3.69. The first-order valence-corrected chi connectivity index (χ1v) is 16.2. The minimum atomic E-state index is 0.644. The third kappa shape index (κ3) is 4.16. The number of hydrogen-bond acceptors (Lipinski definition) is 3. The summed E-state index contributed by atoms with van der Waals surface area (Å²) in [6.07, 6.45) is 0. The van der Waals surface area contributed by atoms with E-state index >= 15 is 0 Å². The fraction of sp³-hybridized carbons (Fsp3) is 0. The molecular weight excluding hydrogens is 587 g/mol. The van der Waals surface area contributed by atoms with Gasteiger partial charge in [-0.3, -0.25) is 0 Å². The van der Waals surface area contributed by atoms with Crippen molar-refractivity contribution >= 4 is 54.5 Å². The van der Waals surface area contributed by atoms with Gasteiger partial charge in [-0.2, -0.15) is 0 Å². The highest BCUT2D eigenvalue weighted by molar-refractivity contribution is 6.17. The average molecular weight is 614 g/mol. The van der Waals surface area contributed by atoms with Crippen LogP contribution in [0.15, 0.2) is 168 Å². The Morgan fingerprint density at radius 2 is 1.02 bits per heavy atom. The van der Waals surface area contributed by atoms with E-state index in [2.05, 4.69) is 120 Å². The van der Waals surface area contributed by atoms with Crippen molar-refractivity contribution in [2.45, 2.75) is 0 Å². The molecule has 0 radical (unpaired) electrons. The van der Waals surface area contributed by atoms with Crippen molar-refractivity contribution < 1.29 is 4.42 Å². The van der Waals surface area contributed by atoms with Crippen molar-refractivity contribution in [3.63, 3.8) is 0 Å². The van der Waals surface area contributed by atoms with Gasteiger partial charge in [0.1, 0.15) is 11.2 Å². The number of nitrogens with zero attached hydrogens (tertiary/aromatic N) is 3. The van der Waals surface area contributed by atoms with Gasteiger partial charge >= 0.3 is 0 Å². The lowest BCUT2D eigenvalue weighted by Gasteiger charge is -2.14. The molecule has 4 heteroatoms. The van der Waals surface area contributed by atoms with Crippen LogP contribution in [-0.2, 0) is 0 Å². The van der Waals surface area contributed by atoms with Gasteiger partial charge in [0.2, 0.25) is 0 Å². The topological polar surface area (TPSA) is 43.9 Å². The molecule has 0 aliphatic heterocycles. The lowest BCUT2D eigenvalue weighted by atomic mass is 10.0. The molecule has 0 amide bonds. The van der Waals surface area contributed by atoms with Crippen LogP contribution in [0, 0.1) is 0 Å². The maximum absolute atomic E-state index is 6.61. The maximum atomic E-state index is 6.61. The fourth-order valence-corrected chi connectivity index (χ4v) is 7.14. The SMILES string of the molecule is c1ccc(-c2cc(-c3ccccc3)nc(-c3cc(-n4c5ccccc5c5cc6ccccc6cc54)c4c(c3)oc3ccccc34)n2)cc1. The molecule has 0 unspecified atom stereocenters. The Balaban J connectivity index is 1.32. The number of para-hydroxylation sites is 2. The van der Waals surface area contributed by atoms with Gasteiger partial charge in [-0.15, -0.1) is 0 Å². The zero-order valence-corrected chi connectivity index (χ0v) is 25.8. The molecule has 48 heavy (non-hydrogen) atoms. The third-order valence-electron chi connectivity index (χ3n) is 9.36. The van der Waals surface area contributed by atoms with Crippen LogP contribution in [0.1, 0.15) is 0 Å². The molecule has 0 N–H and O–H groups in total. The summed E-state index contributed by atoms with van der Waals surface area (Å²) >= 11 is 0. The van der Waals surface area contributed by atoms with E-state index in [1.807, 2.05) is 48.5 Å². The minimum Gasteiger partial charge on any atom is -0.456 e. The molecule has 0 fully saturated rings. The van der Waals surface area contributed by atoms with Crippen LogP contribution < -0.4 is 0 Å². The molecule has 3 heterocycles. The Morgan fingerprint density at radius 3 is 1.75 bits per heavy atom. The highest BCUT2D eigenvalue weighted by Gasteiger charge is 2.21. The first-order chi connectivity index (χ1) is 23.8. The van der Waals surface area contributed by atoms with Crippen LogP contribution in [0.25, 0.3) is 94.1 Å². The fourth-order valence-electron chi connectivity index (χ4n) is 7.14. The van der Waals surface area contributed by atoms with Crippen molar-refractivity contribution in [1.82, 2.24) is 14.5 Å². The lowest BCUT2D eigenvalue weighted by molar-refractivity contribution is 0.669. The first kappa shape index (κ1) is 26.7. The molecule has 3 aromatic heterocycles. The molecule has 0 aliphatic rings. The predicted molar refractivity (Wildman–Crippen MR) is 197 cm³/mol. The summed E-state index contributed by atoms with van der Waals surface area (Å²) in [5.74, 6) is 0.644. The van der Waals surface area contributed by atoms with E-state index in [0.717, 1.165) is 66.7 Å². The van der Waals surface area contributed by atoms with Crippen molar-refractivity contribution in [2.24, 2.45) is 0 Å². The van der Waals surface area contributed by atoms with Gasteiger partial charge in [0.25, 0.3) is 0 Å². The first-order valence-electron chi connectivity index (χ1n) is 16.2. The molecule has 10 aromatic rings. The van der Waals surface area contributed by atoms with Crippen LogP contribution in [0.4, 0.5) is 0 Å². The van der Waals surface area contributed by atoms with Crippen LogP contribution in [0.2, 0.25) is 0 Å². The summed E-state index contributed by atoms with van der Waals surface area (Å²) < 4.78 is 9.00. The Morgan fingerprint density at radius 1 is 0.417 bits per heavy atom. The maximum Gasteiger partial charge on any atom is 0.160 e. The molecular formula is C44H27N3O. The van der Waals surface area contributed by atoms with Gasteiger partial charge in [0.05, 0.1) is 33.5 Å². The molecule has 224 valence electrons. The van der Waals surface area contributed by atoms with Gasteiger partial charge in [-0.25, -0.2) is 9.97 Å². The van der Waals surface area contributed by atoms with Crippen LogP contribution >= 0.6 is 0 Å². The highest BCUT2D eigenvalue weighted by atomic mass is 16.3. The Bertz CT molecular complexity index is 2770. The highest BCUT2D eigenvalue weighted by Crippen LogP contribution is 2.42. The smallest absolute Gasteiger partial charge is 0.160 e. The summed E-state index contributed by atoms with van der Waals surface area (Å²) in [7, 11) is 0. The number of benzene rings is 7. The predicted octanol–water partition coefficient (Wildman–Crippen LogP) is 11.6. The standard InChI is InChI=1S/C44H27N3O/c1-3-13-28(14-4-1)36-27-37(29-15-5-2-6-16-29)46-44(45-36)32-25-40(43-34-20-10-12-22-41(34)48-42(43)26-32)47-38-21-11-9-19-33(38)35-23-30-17-7-8-18-31(30)24-39(35)47/h1-27H. The number of fused-ring (bicyclic) bond motifs is 7. The van der Waals surface area contributed by atoms with Gasteiger partial charge in [0, 0.05) is 32.8 Å². The molecule has 10 rings (SSSR count). The van der Waals surface area contributed by atoms with E-state index in [-0.39, 0.29) is 0 Å². The van der Waals surface area contributed by atoms with Crippen LogP contribution in [-0.4, -0.2) is 14.5 Å². The lowest BCUT2D eigenvalue weighted by Crippen LogP contribution is -1.99. The number of hydrogen-bond donors (Lipinski definition) is 0. The number of furan rings is 1. The summed E-state index contributed by atoms with van der Waals surface area (Å²) in [4.78, 5) is 10.4. The van der Waals surface area contributed by atoms with Crippen LogP contribution in [0.3, 0.4) is 0 Å². The van der Waals surface area contributed by atoms with Gasteiger partial charge < -0.3 is 8.98 Å². The molecule has 0 saturated carbocycles. The minimum absolute atomic E-state index is 0.644. The summed E-state index contributed by atoms with van der Waals surface area (Å²) in [6.45, 7) is 0. The van der Waals surface area contributed by atoms with Gasteiger partial charge in [-0.1, -0.05) is 121 Å². The zero-order chi connectivity index (χ0) is 31.6. The van der Waals surface area contributed by atoms with Crippen LogP contribution in [0.5, 0.6) is 0 Å². The number of rotatable bonds is 4.